The number of likely N-dealkylation sites (tertiary alicyclic amines) is 1. The van der Waals surface area contributed by atoms with E-state index in [4.69, 9.17) is 0 Å². The summed E-state index contributed by atoms with van der Waals surface area (Å²) in [7, 11) is 0. The molecule has 0 aromatic heterocycles. The number of amides is 1. The maximum atomic E-state index is 12.8. The molecule has 4 rings (SSSR count). The van der Waals surface area contributed by atoms with E-state index < -0.39 is 0 Å². The SMILES string of the molecule is O=C(CN1CCN(c2ccccc2O)CC1)N1CC[C@@H]2CCCC[C@H]2C1. The highest BCUT2D eigenvalue weighted by molar-refractivity contribution is 5.78. The van der Waals surface area contributed by atoms with Crippen LogP contribution in [0.15, 0.2) is 24.3 Å². The molecule has 0 radical (unpaired) electrons. The number of piperidine rings is 1. The van der Waals surface area contributed by atoms with Crippen molar-refractivity contribution >= 4 is 11.6 Å². The molecule has 26 heavy (non-hydrogen) atoms. The molecule has 2 heterocycles. The Kier molecular flexibility index (Phi) is 5.34. The van der Waals surface area contributed by atoms with Gasteiger partial charge in [-0.3, -0.25) is 9.69 Å². The number of phenolic OH excluding ortho intramolecular Hbond substituents is 1. The highest BCUT2D eigenvalue weighted by atomic mass is 16.3. The van der Waals surface area contributed by atoms with E-state index in [0.717, 1.165) is 56.8 Å². The zero-order valence-electron chi connectivity index (χ0n) is 15.6. The molecule has 2 saturated heterocycles. The number of hydrogen-bond donors (Lipinski definition) is 1. The van der Waals surface area contributed by atoms with Gasteiger partial charge >= 0.3 is 0 Å². The van der Waals surface area contributed by atoms with Crippen LogP contribution in [0.25, 0.3) is 0 Å². The highest BCUT2D eigenvalue weighted by Crippen LogP contribution is 2.36. The van der Waals surface area contributed by atoms with E-state index in [0.29, 0.717) is 18.2 Å². The molecule has 5 nitrogen and oxygen atoms in total. The first-order chi connectivity index (χ1) is 12.7. The van der Waals surface area contributed by atoms with E-state index in [-0.39, 0.29) is 0 Å². The normalized spacial score (nSPS) is 27.2. The quantitative estimate of drug-likeness (QED) is 0.903. The number of anilines is 1. The van der Waals surface area contributed by atoms with Crippen molar-refractivity contribution in [3.63, 3.8) is 0 Å². The summed E-state index contributed by atoms with van der Waals surface area (Å²) >= 11 is 0. The van der Waals surface area contributed by atoms with Gasteiger partial charge < -0.3 is 14.9 Å². The molecule has 0 unspecified atom stereocenters. The number of hydrogen-bond acceptors (Lipinski definition) is 4. The molecule has 0 bridgehead atoms. The Hall–Kier alpha value is -1.75. The van der Waals surface area contributed by atoms with E-state index in [1.807, 2.05) is 18.2 Å². The average Bonchev–Trinajstić information content (AvgIpc) is 2.69. The number of piperazine rings is 1. The summed E-state index contributed by atoms with van der Waals surface area (Å²) in [5, 5.41) is 10.0. The van der Waals surface area contributed by atoms with Crippen LogP contribution in [0.1, 0.15) is 32.1 Å². The molecule has 2 aliphatic heterocycles. The molecule has 2 atom stereocenters. The minimum atomic E-state index is 0.310. The summed E-state index contributed by atoms with van der Waals surface area (Å²) in [5.74, 6) is 2.27. The van der Waals surface area contributed by atoms with Crippen LogP contribution >= 0.6 is 0 Å². The largest absolute Gasteiger partial charge is 0.506 e. The highest BCUT2D eigenvalue weighted by Gasteiger charge is 2.33. The molecule has 0 spiro atoms. The number of benzene rings is 1. The van der Waals surface area contributed by atoms with Gasteiger partial charge in [-0.25, -0.2) is 0 Å². The topological polar surface area (TPSA) is 47.0 Å². The van der Waals surface area contributed by atoms with Crippen LogP contribution in [0.2, 0.25) is 0 Å². The van der Waals surface area contributed by atoms with Crippen LogP contribution in [0, 0.1) is 11.8 Å². The van der Waals surface area contributed by atoms with Gasteiger partial charge in [0, 0.05) is 39.3 Å². The van der Waals surface area contributed by atoms with Crippen LogP contribution in [0.4, 0.5) is 5.69 Å². The second-order valence-electron chi connectivity index (χ2n) is 8.18. The van der Waals surface area contributed by atoms with Crippen molar-refractivity contribution in [3.05, 3.63) is 24.3 Å². The minimum absolute atomic E-state index is 0.310. The summed E-state index contributed by atoms with van der Waals surface area (Å²) in [5.41, 5.74) is 0.901. The Morgan fingerprint density at radius 1 is 0.962 bits per heavy atom. The van der Waals surface area contributed by atoms with Crippen molar-refractivity contribution in [1.29, 1.82) is 0 Å². The number of nitrogens with zero attached hydrogens (tertiary/aromatic N) is 3. The average molecular weight is 357 g/mol. The van der Waals surface area contributed by atoms with Gasteiger partial charge in [-0.15, -0.1) is 0 Å². The van der Waals surface area contributed by atoms with E-state index in [1.54, 1.807) is 6.07 Å². The van der Waals surface area contributed by atoms with E-state index in [1.165, 1.54) is 32.1 Å². The first-order valence-corrected chi connectivity index (χ1v) is 10.2. The monoisotopic (exact) mass is 357 g/mol. The van der Waals surface area contributed by atoms with E-state index in [9.17, 15) is 9.90 Å². The third-order valence-corrected chi connectivity index (χ3v) is 6.60. The number of phenols is 1. The lowest BCUT2D eigenvalue weighted by atomic mass is 9.75. The molecular weight excluding hydrogens is 326 g/mol. The zero-order valence-corrected chi connectivity index (χ0v) is 15.6. The Morgan fingerprint density at radius 3 is 2.46 bits per heavy atom. The molecule has 3 fully saturated rings. The van der Waals surface area contributed by atoms with Crippen LogP contribution < -0.4 is 4.90 Å². The Bertz CT molecular complexity index is 627. The van der Waals surface area contributed by atoms with Gasteiger partial charge in [-0.2, -0.15) is 0 Å². The second-order valence-corrected chi connectivity index (χ2v) is 8.18. The van der Waals surface area contributed by atoms with Gasteiger partial charge in [0.25, 0.3) is 0 Å². The van der Waals surface area contributed by atoms with Crippen LogP contribution in [0.5, 0.6) is 5.75 Å². The second kappa shape index (κ2) is 7.87. The van der Waals surface area contributed by atoms with Crippen LogP contribution in [0.3, 0.4) is 0 Å². The predicted octanol–water partition coefficient (Wildman–Crippen LogP) is 2.55. The number of carbonyl (C=O) groups excluding carboxylic acids is 1. The van der Waals surface area contributed by atoms with Crippen LogP contribution in [-0.2, 0) is 4.79 Å². The summed E-state index contributed by atoms with van der Waals surface area (Å²) in [6, 6.07) is 7.51. The van der Waals surface area contributed by atoms with Gasteiger partial charge in [0.15, 0.2) is 0 Å². The Balaban J connectivity index is 1.26. The maximum absolute atomic E-state index is 12.8. The maximum Gasteiger partial charge on any atom is 0.236 e. The number of rotatable bonds is 3. The lowest BCUT2D eigenvalue weighted by Crippen LogP contribution is -2.52. The fourth-order valence-electron chi connectivity index (χ4n) is 5.00. The fraction of sp³-hybridized carbons (Fsp3) is 0.667. The molecule has 142 valence electrons. The minimum Gasteiger partial charge on any atom is -0.506 e. The summed E-state index contributed by atoms with van der Waals surface area (Å²) in [6.07, 6.45) is 6.62. The van der Waals surface area contributed by atoms with Gasteiger partial charge in [-0.05, 0) is 36.8 Å². The molecular formula is C21H31N3O2. The molecule has 3 aliphatic rings. The standard InChI is InChI=1S/C21H31N3O2/c25-20-8-4-3-7-19(20)23-13-11-22(12-14-23)16-21(26)24-10-9-17-5-1-2-6-18(17)15-24/h3-4,7-8,17-18,25H,1-2,5-6,9-16H2/t17-,18-/m0/s1. The van der Waals surface area contributed by atoms with Gasteiger partial charge in [0.05, 0.1) is 12.2 Å². The zero-order chi connectivity index (χ0) is 17.9. The Labute approximate surface area is 156 Å². The lowest BCUT2D eigenvalue weighted by molar-refractivity contribution is -0.135. The van der Waals surface area contributed by atoms with Crippen LogP contribution in [-0.4, -0.2) is 66.6 Å². The molecule has 5 heteroatoms. The van der Waals surface area contributed by atoms with Crippen molar-refractivity contribution < 1.29 is 9.90 Å². The fourth-order valence-corrected chi connectivity index (χ4v) is 5.00. The predicted molar refractivity (Wildman–Crippen MR) is 103 cm³/mol. The Morgan fingerprint density at radius 2 is 1.69 bits per heavy atom. The van der Waals surface area contributed by atoms with Gasteiger partial charge in [0.1, 0.15) is 5.75 Å². The smallest absolute Gasteiger partial charge is 0.236 e. The molecule has 1 aromatic carbocycles. The number of carbonyl (C=O) groups is 1. The molecule has 1 N–H and O–H groups in total. The van der Waals surface area contributed by atoms with Gasteiger partial charge in [0.2, 0.25) is 5.91 Å². The molecule has 1 amide bonds. The summed E-state index contributed by atoms with van der Waals surface area (Å²) < 4.78 is 0. The molecule has 1 saturated carbocycles. The molecule has 1 aliphatic carbocycles. The summed E-state index contributed by atoms with van der Waals surface area (Å²) in [4.78, 5) is 19.4. The first-order valence-electron chi connectivity index (χ1n) is 10.2. The van der Waals surface area contributed by atoms with E-state index in [2.05, 4.69) is 14.7 Å². The first kappa shape index (κ1) is 17.7. The van der Waals surface area contributed by atoms with Gasteiger partial charge in [-0.1, -0.05) is 31.4 Å². The number of aromatic hydroxyl groups is 1. The van der Waals surface area contributed by atoms with Crippen molar-refractivity contribution in [1.82, 2.24) is 9.80 Å². The third kappa shape index (κ3) is 3.83. The number of para-hydroxylation sites is 2. The van der Waals surface area contributed by atoms with E-state index >= 15 is 0 Å². The third-order valence-electron chi connectivity index (χ3n) is 6.60. The number of fused-ring (bicyclic) bond motifs is 1. The van der Waals surface area contributed by atoms with Crippen molar-refractivity contribution in [2.24, 2.45) is 11.8 Å². The lowest BCUT2D eigenvalue weighted by Gasteiger charge is -2.42. The van der Waals surface area contributed by atoms with Crippen molar-refractivity contribution in [2.75, 3.05) is 50.7 Å². The van der Waals surface area contributed by atoms with Crippen molar-refractivity contribution in [2.45, 2.75) is 32.1 Å². The molecule has 1 aromatic rings. The summed E-state index contributed by atoms with van der Waals surface area (Å²) in [6.45, 7) is 5.95. The van der Waals surface area contributed by atoms with Crippen molar-refractivity contribution in [3.8, 4) is 5.75 Å².